The molecule has 4 nitrogen and oxygen atoms in total. The molecule has 0 aliphatic carbocycles. The smallest absolute Gasteiger partial charge is 0.246 e. The molecule has 0 fully saturated rings. The standard InChI is InChI=1S/C26H28N2O2/c1-18(2)30-22-8-5-7-20(16-22)10-11-25(29)28-14-12-21(13-15-28)24-17-27-26-19(3)6-4-9-23(24)26/h4-12,16-18,27H,13-15H2,1-3H3/b11-10+. The highest BCUT2D eigenvalue weighted by atomic mass is 16.5. The minimum atomic E-state index is 0.0373. The van der Waals surface area contributed by atoms with E-state index in [0.29, 0.717) is 6.54 Å². The molecule has 1 N–H and O–H groups in total. The van der Waals surface area contributed by atoms with Gasteiger partial charge >= 0.3 is 0 Å². The summed E-state index contributed by atoms with van der Waals surface area (Å²) in [7, 11) is 0. The van der Waals surface area contributed by atoms with Crippen LogP contribution in [0.5, 0.6) is 5.75 Å². The van der Waals surface area contributed by atoms with Crippen molar-refractivity contribution in [2.75, 3.05) is 13.1 Å². The quantitative estimate of drug-likeness (QED) is 0.567. The first-order valence-electron chi connectivity index (χ1n) is 10.5. The van der Waals surface area contributed by atoms with Crippen LogP contribution in [0.4, 0.5) is 0 Å². The predicted octanol–water partition coefficient (Wildman–Crippen LogP) is 5.59. The number of carbonyl (C=O) groups is 1. The molecular weight excluding hydrogens is 372 g/mol. The molecule has 4 rings (SSSR count). The first kappa shape index (κ1) is 20.0. The molecule has 0 bridgehead atoms. The van der Waals surface area contributed by atoms with Crippen molar-refractivity contribution in [1.82, 2.24) is 9.88 Å². The number of ether oxygens (including phenoxy) is 1. The number of rotatable bonds is 5. The van der Waals surface area contributed by atoms with Gasteiger partial charge in [0.15, 0.2) is 0 Å². The minimum absolute atomic E-state index is 0.0373. The number of H-pyrrole nitrogens is 1. The van der Waals surface area contributed by atoms with Gasteiger partial charge in [0.05, 0.1) is 6.10 Å². The molecule has 0 unspecified atom stereocenters. The Balaban J connectivity index is 1.43. The SMILES string of the molecule is Cc1cccc2c(C3=CCN(C(=O)/C=C/c4cccc(OC(C)C)c4)CC3)c[nH]c12. The Bertz CT molecular complexity index is 1120. The molecule has 1 aliphatic rings. The number of hydrogen-bond donors (Lipinski definition) is 1. The third-order valence-corrected chi connectivity index (χ3v) is 5.44. The lowest BCUT2D eigenvalue weighted by Crippen LogP contribution is -2.33. The highest BCUT2D eigenvalue weighted by Crippen LogP contribution is 2.30. The van der Waals surface area contributed by atoms with E-state index in [1.54, 1.807) is 6.08 Å². The molecule has 1 amide bonds. The summed E-state index contributed by atoms with van der Waals surface area (Å²) in [6.45, 7) is 7.48. The van der Waals surface area contributed by atoms with Crippen molar-refractivity contribution < 1.29 is 9.53 Å². The van der Waals surface area contributed by atoms with E-state index in [1.807, 2.05) is 49.1 Å². The molecular formula is C26H28N2O2. The Morgan fingerprint density at radius 1 is 1.20 bits per heavy atom. The number of aryl methyl sites for hydroxylation is 1. The molecule has 1 aromatic heterocycles. The number of benzene rings is 2. The molecule has 0 atom stereocenters. The van der Waals surface area contributed by atoms with E-state index in [1.165, 1.54) is 27.6 Å². The van der Waals surface area contributed by atoms with Gasteiger partial charge in [-0.25, -0.2) is 0 Å². The van der Waals surface area contributed by atoms with Crippen LogP contribution in [0.1, 0.15) is 37.0 Å². The van der Waals surface area contributed by atoms with Crippen LogP contribution in [0.2, 0.25) is 0 Å². The maximum atomic E-state index is 12.7. The summed E-state index contributed by atoms with van der Waals surface area (Å²) < 4.78 is 5.72. The molecule has 2 aromatic carbocycles. The lowest BCUT2D eigenvalue weighted by atomic mass is 9.98. The van der Waals surface area contributed by atoms with E-state index in [2.05, 4.69) is 42.4 Å². The fourth-order valence-corrected chi connectivity index (χ4v) is 3.92. The van der Waals surface area contributed by atoms with Gasteiger partial charge in [0, 0.05) is 41.8 Å². The van der Waals surface area contributed by atoms with Crippen LogP contribution >= 0.6 is 0 Å². The Morgan fingerprint density at radius 2 is 2.03 bits per heavy atom. The van der Waals surface area contributed by atoms with Crippen molar-refractivity contribution in [3.63, 3.8) is 0 Å². The number of amides is 1. The summed E-state index contributed by atoms with van der Waals surface area (Å²) in [5, 5.41) is 1.25. The maximum Gasteiger partial charge on any atom is 0.246 e. The molecule has 0 saturated carbocycles. The summed E-state index contributed by atoms with van der Waals surface area (Å²) in [6.07, 6.45) is 8.77. The number of fused-ring (bicyclic) bond motifs is 1. The fraction of sp³-hybridized carbons (Fsp3) is 0.269. The van der Waals surface area contributed by atoms with Gasteiger partial charge < -0.3 is 14.6 Å². The van der Waals surface area contributed by atoms with Crippen LogP contribution in [-0.2, 0) is 4.79 Å². The number of para-hydroxylation sites is 1. The fourth-order valence-electron chi connectivity index (χ4n) is 3.92. The summed E-state index contributed by atoms with van der Waals surface area (Å²) in [4.78, 5) is 17.9. The van der Waals surface area contributed by atoms with Crippen molar-refractivity contribution in [3.05, 3.63) is 77.5 Å². The molecule has 3 aromatic rings. The number of aromatic nitrogens is 1. The maximum absolute atomic E-state index is 12.7. The van der Waals surface area contributed by atoms with Gasteiger partial charge in [0.25, 0.3) is 0 Å². The van der Waals surface area contributed by atoms with Crippen LogP contribution in [0.3, 0.4) is 0 Å². The van der Waals surface area contributed by atoms with E-state index in [0.717, 1.165) is 24.3 Å². The monoisotopic (exact) mass is 400 g/mol. The minimum Gasteiger partial charge on any atom is -0.491 e. The Kier molecular flexibility index (Phi) is 5.75. The van der Waals surface area contributed by atoms with Crippen molar-refractivity contribution in [3.8, 4) is 5.75 Å². The van der Waals surface area contributed by atoms with Gasteiger partial charge in [-0.3, -0.25) is 4.79 Å². The Morgan fingerprint density at radius 3 is 2.80 bits per heavy atom. The molecule has 0 radical (unpaired) electrons. The number of nitrogens with zero attached hydrogens (tertiary/aromatic N) is 1. The molecule has 2 heterocycles. The summed E-state index contributed by atoms with van der Waals surface area (Å²) in [5.41, 5.74) is 5.96. The Labute approximate surface area is 177 Å². The van der Waals surface area contributed by atoms with Crippen LogP contribution in [0, 0.1) is 6.92 Å². The third kappa shape index (κ3) is 4.33. The van der Waals surface area contributed by atoms with Crippen LogP contribution in [0.15, 0.2) is 60.8 Å². The van der Waals surface area contributed by atoms with Crippen molar-refractivity contribution >= 4 is 28.5 Å². The Hall–Kier alpha value is -3.27. The molecule has 154 valence electrons. The van der Waals surface area contributed by atoms with Gasteiger partial charge in [0.2, 0.25) is 5.91 Å². The summed E-state index contributed by atoms with van der Waals surface area (Å²) in [5.74, 6) is 0.856. The molecule has 4 heteroatoms. The number of nitrogens with one attached hydrogen (secondary N) is 1. The van der Waals surface area contributed by atoms with Crippen molar-refractivity contribution in [2.45, 2.75) is 33.3 Å². The number of hydrogen-bond acceptors (Lipinski definition) is 2. The van der Waals surface area contributed by atoms with Crippen LogP contribution < -0.4 is 4.74 Å². The highest BCUT2D eigenvalue weighted by Gasteiger charge is 2.18. The normalized spacial score (nSPS) is 14.5. The second-order valence-electron chi connectivity index (χ2n) is 8.04. The average Bonchev–Trinajstić information content (AvgIpc) is 3.17. The molecule has 0 saturated heterocycles. The molecule has 1 aliphatic heterocycles. The summed E-state index contributed by atoms with van der Waals surface area (Å²) in [6, 6.07) is 14.2. The van der Waals surface area contributed by atoms with Crippen molar-refractivity contribution in [1.29, 1.82) is 0 Å². The lowest BCUT2D eigenvalue weighted by molar-refractivity contribution is -0.125. The van der Waals surface area contributed by atoms with Gasteiger partial charge in [-0.2, -0.15) is 0 Å². The zero-order chi connectivity index (χ0) is 21.1. The van der Waals surface area contributed by atoms with E-state index < -0.39 is 0 Å². The van der Waals surface area contributed by atoms with Crippen LogP contribution in [0.25, 0.3) is 22.6 Å². The number of aromatic amines is 1. The van der Waals surface area contributed by atoms with Gasteiger partial charge in [-0.15, -0.1) is 0 Å². The van der Waals surface area contributed by atoms with E-state index in [4.69, 9.17) is 4.74 Å². The van der Waals surface area contributed by atoms with Gasteiger partial charge in [-0.05, 0) is 62.1 Å². The van der Waals surface area contributed by atoms with Gasteiger partial charge in [0.1, 0.15) is 5.75 Å². The largest absolute Gasteiger partial charge is 0.491 e. The summed E-state index contributed by atoms with van der Waals surface area (Å²) >= 11 is 0. The van der Waals surface area contributed by atoms with E-state index in [-0.39, 0.29) is 12.0 Å². The van der Waals surface area contributed by atoms with Gasteiger partial charge in [-0.1, -0.05) is 36.4 Å². The van der Waals surface area contributed by atoms with E-state index >= 15 is 0 Å². The molecule has 30 heavy (non-hydrogen) atoms. The predicted molar refractivity (Wildman–Crippen MR) is 123 cm³/mol. The third-order valence-electron chi connectivity index (χ3n) is 5.44. The molecule has 0 spiro atoms. The first-order chi connectivity index (χ1) is 14.5. The van der Waals surface area contributed by atoms with Crippen molar-refractivity contribution in [2.24, 2.45) is 0 Å². The zero-order valence-corrected chi connectivity index (χ0v) is 17.8. The highest BCUT2D eigenvalue weighted by molar-refractivity contribution is 5.96. The average molecular weight is 401 g/mol. The lowest BCUT2D eigenvalue weighted by Gasteiger charge is -2.25. The van der Waals surface area contributed by atoms with E-state index in [9.17, 15) is 4.79 Å². The zero-order valence-electron chi connectivity index (χ0n) is 17.8. The second-order valence-corrected chi connectivity index (χ2v) is 8.04. The topological polar surface area (TPSA) is 45.3 Å². The second kappa shape index (κ2) is 8.62. The van der Waals surface area contributed by atoms with Crippen LogP contribution in [-0.4, -0.2) is 35.0 Å². The first-order valence-corrected chi connectivity index (χ1v) is 10.5. The number of carbonyl (C=O) groups excluding carboxylic acids is 1.